The predicted molar refractivity (Wildman–Crippen MR) is 76.1 cm³/mol. The van der Waals surface area contributed by atoms with Crippen LogP contribution >= 0.6 is 0 Å². The highest BCUT2D eigenvalue weighted by molar-refractivity contribution is 5.79. The van der Waals surface area contributed by atoms with Gasteiger partial charge < -0.3 is 14.7 Å². The molecule has 1 saturated heterocycles. The fourth-order valence-corrected chi connectivity index (χ4v) is 2.37. The third kappa shape index (κ3) is 5.90. The van der Waals surface area contributed by atoms with E-state index in [2.05, 4.69) is 6.92 Å². The molecule has 0 aliphatic carbocycles. The number of hydrogen-bond donors (Lipinski definition) is 1. The smallest absolute Gasteiger partial charge is 0.310 e. The molecule has 0 spiro atoms. The molecule has 0 aromatic carbocycles. The molecule has 1 aliphatic rings. The maximum absolute atomic E-state index is 11.9. The molecule has 1 N–H and O–H groups in total. The average molecular weight is 285 g/mol. The summed E-state index contributed by atoms with van der Waals surface area (Å²) in [6.07, 6.45) is 5.63. The Labute approximate surface area is 121 Å². The largest absolute Gasteiger partial charge is 0.465 e. The van der Waals surface area contributed by atoms with Crippen LogP contribution in [0.1, 0.15) is 51.9 Å². The highest BCUT2D eigenvalue weighted by Gasteiger charge is 2.31. The van der Waals surface area contributed by atoms with Crippen molar-refractivity contribution in [1.82, 2.24) is 4.90 Å². The molecule has 1 atom stereocenters. The Kier molecular flexibility index (Phi) is 8.26. The van der Waals surface area contributed by atoms with Crippen LogP contribution in [0, 0.1) is 5.92 Å². The second-order valence-electron chi connectivity index (χ2n) is 5.38. The lowest BCUT2D eigenvalue weighted by Gasteiger charge is -2.16. The van der Waals surface area contributed by atoms with Crippen LogP contribution in [-0.2, 0) is 14.3 Å². The van der Waals surface area contributed by atoms with E-state index in [4.69, 9.17) is 9.84 Å². The average Bonchev–Trinajstić information content (AvgIpc) is 2.93. The minimum Gasteiger partial charge on any atom is -0.465 e. The molecule has 20 heavy (non-hydrogen) atoms. The van der Waals surface area contributed by atoms with Crippen molar-refractivity contribution in [3.63, 3.8) is 0 Å². The minimum absolute atomic E-state index is 0.0831. The molecule has 0 radical (unpaired) electrons. The number of esters is 1. The topological polar surface area (TPSA) is 66.8 Å². The lowest BCUT2D eigenvalue weighted by atomic mass is 10.1. The van der Waals surface area contributed by atoms with E-state index in [1.54, 1.807) is 4.90 Å². The van der Waals surface area contributed by atoms with Crippen molar-refractivity contribution in [2.24, 2.45) is 5.92 Å². The third-order valence-corrected chi connectivity index (χ3v) is 3.67. The van der Waals surface area contributed by atoms with Gasteiger partial charge in [0.1, 0.15) is 0 Å². The molecule has 1 unspecified atom stereocenters. The zero-order valence-corrected chi connectivity index (χ0v) is 12.5. The number of likely N-dealkylation sites (tertiary alicyclic amines) is 1. The van der Waals surface area contributed by atoms with E-state index in [9.17, 15) is 9.59 Å². The van der Waals surface area contributed by atoms with Crippen LogP contribution in [-0.4, -0.2) is 48.2 Å². The fourth-order valence-electron chi connectivity index (χ4n) is 2.37. The molecule has 1 aliphatic heterocycles. The first kappa shape index (κ1) is 17.0. The Balaban J connectivity index is 2.21. The van der Waals surface area contributed by atoms with E-state index in [0.717, 1.165) is 19.3 Å². The highest BCUT2D eigenvalue weighted by atomic mass is 16.5. The molecule has 1 fully saturated rings. The Hall–Kier alpha value is -1.10. The lowest BCUT2D eigenvalue weighted by Crippen LogP contribution is -2.30. The van der Waals surface area contributed by atoms with Crippen LogP contribution in [0.3, 0.4) is 0 Å². The number of unbranched alkanes of at least 4 members (excludes halogenated alkanes) is 3. The van der Waals surface area contributed by atoms with E-state index in [1.165, 1.54) is 0 Å². The molecule has 0 aromatic heterocycles. The second-order valence-corrected chi connectivity index (χ2v) is 5.38. The minimum atomic E-state index is -0.160. The molecule has 1 rings (SSSR count). The fraction of sp³-hybridized carbons (Fsp3) is 0.867. The van der Waals surface area contributed by atoms with Crippen molar-refractivity contribution in [2.45, 2.75) is 51.9 Å². The Morgan fingerprint density at radius 1 is 1.25 bits per heavy atom. The summed E-state index contributed by atoms with van der Waals surface area (Å²) in [5, 5.41) is 8.69. The molecule has 5 heteroatoms. The summed E-state index contributed by atoms with van der Waals surface area (Å²) < 4.78 is 5.24. The molecule has 116 valence electrons. The Morgan fingerprint density at radius 3 is 2.75 bits per heavy atom. The monoisotopic (exact) mass is 285 g/mol. The first-order chi connectivity index (χ1) is 9.69. The van der Waals surface area contributed by atoms with Crippen molar-refractivity contribution in [2.75, 3.05) is 26.3 Å². The summed E-state index contributed by atoms with van der Waals surface area (Å²) in [6, 6.07) is 0. The van der Waals surface area contributed by atoms with Gasteiger partial charge in [-0.2, -0.15) is 0 Å². The van der Waals surface area contributed by atoms with Crippen molar-refractivity contribution >= 4 is 11.9 Å². The number of ether oxygens (including phenoxy) is 1. The van der Waals surface area contributed by atoms with Crippen LogP contribution in [0.2, 0.25) is 0 Å². The van der Waals surface area contributed by atoms with Gasteiger partial charge >= 0.3 is 5.97 Å². The van der Waals surface area contributed by atoms with Gasteiger partial charge in [-0.1, -0.05) is 19.8 Å². The number of rotatable bonds is 9. The summed E-state index contributed by atoms with van der Waals surface area (Å²) in [7, 11) is 0. The second kappa shape index (κ2) is 9.75. The van der Waals surface area contributed by atoms with Gasteiger partial charge in [0.2, 0.25) is 5.91 Å². The zero-order valence-electron chi connectivity index (χ0n) is 12.5. The van der Waals surface area contributed by atoms with Crippen LogP contribution < -0.4 is 0 Å². The number of amides is 1. The summed E-state index contributed by atoms with van der Waals surface area (Å²) in [4.78, 5) is 25.5. The Bertz CT molecular complexity index is 306. The number of carbonyl (C=O) groups excluding carboxylic acids is 2. The SMILES string of the molecule is CCCCCOC(=O)C1CCN(C(=O)CCCCO)C1. The van der Waals surface area contributed by atoms with E-state index < -0.39 is 0 Å². The van der Waals surface area contributed by atoms with Crippen LogP contribution in [0.15, 0.2) is 0 Å². The third-order valence-electron chi connectivity index (χ3n) is 3.67. The van der Waals surface area contributed by atoms with E-state index in [0.29, 0.717) is 45.4 Å². The zero-order chi connectivity index (χ0) is 14.8. The summed E-state index contributed by atoms with van der Waals surface area (Å²) in [6.45, 7) is 3.87. The van der Waals surface area contributed by atoms with Crippen molar-refractivity contribution < 1.29 is 19.4 Å². The van der Waals surface area contributed by atoms with Crippen molar-refractivity contribution in [1.29, 1.82) is 0 Å². The number of aliphatic hydroxyl groups is 1. The van der Waals surface area contributed by atoms with Gasteiger partial charge in [0.25, 0.3) is 0 Å². The molecule has 0 saturated carbocycles. The van der Waals surface area contributed by atoms with E-state index >= 15 is 0 Å². The normalized spacial score (nSPS) is 18.3. The number of hydrogen-bond acceptors (Lipinski definition) is 4. The number of aliphatic hydroxyl groups excluding tert-OH is 1. The molecule has 1 heterocycles. The molecule has 0 bridgehead atoms. The van der Waals surface area contributed by atoms with Crippen LogP contribution in [0.4, 0.5) is 0 Å². The van der Waals surface area contributed by atoms with Crippen molar-refractivity contribution in [3.05, 3.63) is 0 Å². The lowest BCUT2D eigenvalue weighted by molar-refractivity contribution is -0.148. The summed E-state index contributed by atoms with van der Waals surface area (Å²) >= 11 is 0. The van der Waals surface area contributed by atoms with Gasteiger partial charge in [-0.25, -0.2) is 0 Å². The first-order valence-electron chi connectivity index (χ1n) is 7.74. The maximum atomic E-state index is 11.9. The molecular formula is C15H27NO4. The van der Waals surface area contributed by atoms with Gasteiger partial charge in [0.15, 0.2) is 0 Å². The quantitative estimate of drug-likeness (QED) is 0.517. The Morgan fingerprint density at radius 2 is 2.05 bits per heavy atom. The van der Waals surface area contributed by atoms with Crippen molar-refractivity contribution in [3.8, 4) is 0 Å². The number of carbonyl (C=O) groups is 2. The van der Waals surface area contributed by atoms with Crippen LogP contribution in [0.25, 0.3) is 0 Å². The maximum Gasteiger partial charge on any atom is 0.310 e. The van der Waals surface area contributed by atoms with Gasteiger partial charge in [-0.05, 0) is 25.7 Å². The van der Waals surface area contributed by atoms with Crippen LogP contribution in [0.5, 0.6) is 0 Å². The first-order valence-corrected chi connectivity index (χ1v) is 7.74. The summed E-state index contributed by atoms with van der Waals surface area (Å²) in [5.41, 5.74) is 0. The molecule has 5 nitrogen and oxygen atoms in total. The van der Waals surface area contributed by atoms with Gasteiger partial charge in [-0.3, -0.25) is 9.59 Å². The summed E-state index contributed by atoms with van der Waals surface area (Å²) in [5.74, 6) is -0.232. The predicted octanol–water partition coefficient (Wildman–Crippen LogP) is 1.73. The number of nitrogens with zero attached hydrogens (tertiary/aromatic N) is 1. The molecule has 0 aromatic rings. The van der Waals surface area contributed by atoms with Gasteiger partial charge in [0, 0.05) is 26.1 Å². The molecular weight excluding hydrogens is 258 g/mol. The highest BCUT2D eigenvalue weighted by Crippen LogP contribution is 2.19. The van der Waals surface area contributed by atoms with E-state index in [1.807, 2.05) is 0 Å². The van der Waals surface area contributed by atoms with Gasteiger partial charge in [0.05, 0.1) is 12.5 Å². The molecule has 1 amide bonds. The standard InChI is InChI=1S/C15H27NO4/c1-2-3-6-11-20-15(19)13-8-9-16(12-13)14(18)7-4-5-10-17/h13,17H,2-12H2,1H3. The van der Waals surface area contributed by atoms with Gasteiger partial charge in [-0.15, -0.1) is 0 Å². The van der Waals surface area contributed by atoms with E-state index in [-0.39, 0.29) is 24.4 Å².